The van der Waals surface area contributed by atoms with Gasteiger partial charge in [-0.25, -0.2) is 0 Å². The van der Waals surface area contributed by atoms with E-state index in [9.17, 15) is 10.2 Å². The molecule has 0 fully saturated rings. The summed E-state index contributed by atoms with van der Waals surface area (Å²) >= 11 is 0.847. The Labute approximate surface area is 211 Å². The maximum atomic E-state index is 12.2. The predicted octanol–water partition coefficient (Wildman–Crippen LogP) is 4.72. The van der Waals surface area contributed by atoms with Crippen LogP contribution < -0.4 is 9.84 Å². The molecule has 0 aliphatic heterocycles. The number of hydrogen-bond donors (Lipinski definition) is 1. The average molecular weight is 520 g/mol. The minimum absolute atomic E-state index is 0.000357. The number of para-hydroxylation sites is 1. The number of aryl methyl sites for hydroxylation is 1. The van der Waals surface area contributed by atoms with Crippen molar-refractivity contribution < 1.29 is 32.3 Å². The van der Waals surface area contributed by atoms with E-state index in [0.29, 0.717) is 31.1 Å². The molecule has 1 N–H and O–H groups in total. The first-order valence-corrected chi connectivity index (χ1v) is 14.9. The number of pyridine rings is 1. The van der Waals surface area contributed by atoms with Crippen LogP contribution in [0.3, 0.4) is 0 Å². The van der Waals surface area contributed by atoms with Crippen LogP contribution in [-0.2, 0) is 30.4 Å². The first-order chi connectivity index (χ1) is 15.9. The van der Waals surface area contributed by atoms with Crippen molar-refractivity contribution in [3.63, 3.8) is 0 Å². The van der Waals surface area contributed by atoms with Crippen molar-refractivity contribution in [3.8, 4) is 11.5 Å². The van der Waals surface area contributed by atoms with Gasteiger partial charge in [0.05, 0.1) is 5.69 Å². The Bertz CT molecular complexity index is 973. The SMILES string of the molecule is Cc1ccc(C(C)C)cc1OCC(O)CN(Cc1ccccn1)Cc1ccccc1[O-].[Cl][Zn+]. The number of aliphatic hydroxyl groups excluding tert-OH is 1. The van der Waals surface area contributed by atoms with E-state index in [1.807, 2.05) is 48.2 Å². The first kappa shape index (κ1) is 27.3. The van der Waals surface area contributed by atoms with E-state index in [0.717, 1.165) is 34.3 Å². The summed E-state index contributed by atoms with van der Waals surface area (Å²) in [7, 11) is 4.76. The summed E-state index contributed by atoms with van der Waals surface area (Å²) in [6.07, 6.45) is 1.05. The fourth-order valence-corrected chi connectivity index (χ4v) is 3.45. The number of aliphatic hydroxyl groups is 1. The number of ether oxygens (including phenoxy) is 1. The Hall–Kier alpha value is -1.98. The Morgan fingerprint density at radius 1 is 1.06 bits per heavy atom. The van der Waals surface area contributed by atoms with Gasteiger partial charge in [0.25, 0.3) is 0 Å². The molecule has 33 heavy (non-hydrogen) atoms. The van der Waals surface area contributed by atoms with Gasteiger partial charge in [-0.05, 0) is 47.7 Å². The van der Waals surface area contributed by atoms with E-state index in [1.54, 1.807) is 18.3 Å². The Kier molecular flexibility index (Phi) is 11.8. The molecule has 0 radical (unpaired) electrons. The number of halogens is 1. The molecule has 172 valence electrons. The Morgan fingerprint density at radius 2 is 1.79 bits per heavy atom. The molecule has 0 spiro atoms. The van der Waals surface area contributed by atoms with Crippen molar-refractivity contribution in [1.82, 2.24) is 9.88 Å². The minimum atomic E-state index is -0.704. The molecule has 5 nitrogen and oxygen atoms in total. The molecule has 0 saturated heterocycles. The van der Waals surface area contributed by atoms with Crippen LogP contribution >= 0.6 is 9.69 Å². The van der Waals surface area contributed by atoms with Crippen LogP contribution in [0.2, 0.25) is 0 Å². The quantitative estimate of drug-likeness (QED) is 0.392. The van der Waals surface area contributed by atoms with Crippen LogP contribution in [0.5, 0.6) is 11.5 Å². The van der Waals surface area contributed by atoms with E-state index in [1.165, 1.54) is 5.56 Å². The van der Waals surface area contributed by atoms with Gasteiger partial charge in [-0.3, -0.25) is 9.88 Å². The number of aromatic nitrogens is 1. The molecule has 2 aromatic carbocycles. The van der Waals surface area contributed by atoms with Crippen LogP contribution in [0, 0.1) is 6.92 Å². The van der Waals surface area contributed by atoms with E-state index in [-0.39, 0.29) is 12.4 Å². The van der Waals surface area contributed by atoms with Crippen molar-refractivity contribution in [3.05, 3.63) is 89.2 Å². The van der Waals surface area contributed by atoms with Gasteiger partial charge < -0.3 is 14.9 Å². The number of benzene rings is 2. The number of hydrogen-bond acceptors (Lipinski definition) is 5. The van der Waals surface area contributed by atoms with Crippen molar-refractivity contribution in [1.29, 1.82) is 0 Å². The summed E-state index contributed by atoms with van der Waals surface area (Å²) in [5.41, 5.74) is 3.84. The maximum absolute atomic E-state index is 12.2. The molecule has 3 aromatic rings. The molecule has 0 aliphatic rings. The molecule has 1 atom stereocenters. The standard InChI is InChI=1S/C26H32N2O3.ClH.Zn/c1-19(2)21-12-11-20(3)26(14-21)31-18-24(29)17-28(16-23-9-6-7-13-27-23)15-22-8-4-5-10-25(22)30;;/h4-14,19,24,29-30H,15-18H2,1-3H3;1H;/q;;+2/p-2. The molecular formula is C26H31ClN2O3Zn. The van der Waals surface area contributed by atoms with Crippen molar-refractivity contribution in [2.75, 3.05) is 13.2 Å². The zero-order valence-electron chi connectivity index (χ0n) is 19.6. The fraction of sp³-hybridized carbons (Fsp3) is 0.346. The van der Waals surface area contributed by atoms with Crippen LogP contribution in [-0.4, -0.2) is 34.2 Å². The normalized spacial score (nSPS) is 11.8. The van der Waals surface area contributed by atoms with Crippen LogP contribution in [0.25, 0.3) is 0 Å². The Morgan fingerprint density at radius 3 is 2.45 bits per heavy atom. The van der Waals surface area contributed by atoms with Crippen LogP contribution in [0.4, 0.5) is 0 Å². The van der Waals surface area contributed by atoms with Crippen molar-refractivity contribution in [2.45, 2.75) is 45.9 Å². The van der Waals surface area contributed by atoms with E-state index in [2.05, 4.69) is 31.0 Å². The van der Waals surface area contributed by atoms with Gasteiger partial charge >= 0.3 is 27.0 Å². The summed E-state index contributed by atoms with van der Waals surface area (Å²) in [6, 6.07) is 19.0. The topological polar surface area (TPSA) is 68.7 Å². The predicted molar refractivity (Wildman–Crippen MR) is 127 cm³/mol. The summed E-state index contributed by atoms with van der Waals surface area (Å²) in [4.78, 5) is 6.42. The van der Waals surface area contributed by atoms with E-state index >= 15 is 0 Å². The molecule has 3 rings (SSSR count). The van der Waals surface area contributed by atoms with E-state index in [4.69, 9.17) is 14.4 Å². The monoisotopic (exact) mass is 518 g/mol. The summed E-state index contributed by atoms with van der Waals surface area (Å²) < 4.78 is 5.96. The van der Waals surface area contributed by atoms with Gasteiger partial charge in [-0.1, -0.05) is 56.3 Å². The molecular weight excluding hydrogens is 489 g/mol. The van der Waals surface area contributed by atoms with Gasteiger partial charge in [0.1, 0.15) is 18.5 Å². The van der Waals surface area contributed by atoms with Gasteiger partial charge in [0, 0.05) is 25.8 Å². The summed E-state index contributed by atoms with van der Waals surface area (Å²) in [5.74, 6) is 1.21. The zero-order chi connectivity index (χ0) is 24.2. The third-order valence-electron chi connectivity index (χ3n) is 5.26. The van der Waals surface area contributed by atoms with Crippen LogP contribution in [0.1, 0.15) is 42.1 Å². The molecule has 1 unspecified atom stereocenters. The van der Waals surface area contributed by atoms with Gasteiger partial charge in [0.2, 0.25) is 0 Å². The summed E-state index contributed by atoms with van der Waals surface area (Å²) in [5, 5.41) is 22.9. The van der Waals surface area contributed by atoms with Gasteiger partial charge in [0.15, 0.2) is 0 Å². The third-order valence-corrected chi connectivity index (χ3v) is 5.26. The molecule has 7 heteroatoms. The molecule has 1 aromatic heterocycles. The van der Waals surface area contributed by atoms with E-state index < -0.39 is 6.10 Å². The first-order valence-electron chi connectivity index (χ1n) is 11.0. The second-order valence-corrected chi connectivity index (χ2v) is 8.24. The average Bonchev–Trinajstić information content (AvgIpc) is 2.82. The zero-order valence-corrected chi connectivity index (χ0v) is 23.3. The Balaban J connectivity index is 0.00000187. The second-order valence-electron chi connectivity index (χ2n) is 8.24. The molecule has 0 bridgehead atoms. The van der Waals surface area contributed by atoms with Gasteiger partial charge in [-0.15, -0.1) is 5.75 Å². The third kappa shape index (κ3) is 9.06. The molecule has 0 saturated carbocycles. The molecule has 1 heterocycles. The molecule has 0 aliphatic carbocycles. The number of nitrogens with zero attached hydrogens (tertiary/aromatic N) is 2. The van der Waals surface area contributed by atoms with Gasteiger partial charge in [-0.2, -0.15) is 0 Å². The molecule has 0 amide bonds. The fourth-order valence-electron chi connectivity index (χ4n) is 3.45. The van der Waals surface area contributed by atoms with Crippen molar-refractivity contribution >= 4 is 9.69 Å². The second kappa shape index (κ2) is 14.3. The van der Waals surface area contributed by atoms with Crippen LogP contribution in [0.15, 0.2) is 66.9 Å². The van der Waals surface area contributed by atoms with Crippen molar-refractivity contribution in [2.24, 2.45) is 0 Å². The number of rotatable bonds is 10. The summed E-state index contributed by atoms with van der Waals surface area (Å²) in [6.45, 7) is 7.82.